The van der Waals surface area contributed by atoms with Crippen LogP contribution in [0.25, 0.3) is 0 Å². The van der Waals surface area contributed by atoms with Crippen molar-refractivity contribution in [2.45, 2.75) is 57.5 Å². The number of carbonyl (C=O) groups is 1. The smallest absolute Gasteiger partial charge is 0.253 e. The average molecular weight is 469 g/mol. The third-order valence-corrected chi connectivity index (χ3v) is 7.65. The Labute approximate surface area is 187 Å². The summed E-state index contributed by atoms with van der Waals surface area (Å²) in [5, 5.41) is 3.78. The molecule has 2 fully saturated rings. The molecule has 2 bridgehead atoms. The van der Waals surface area contributed by atoms with Crippen molar-refractivity contribution in [1.82, 2.24) is 10.2 Å². The molecule has 3 atom stereocenters. The number of benzene rings is 2. The normalized spacial score (nSPS) is 26.5. The molecule has 2 aromatic carbocycles. The quantitative estimate of drug-likeness (QED) is 0.625. The van der Waals surface area contributed by atoms with Gasteiger partial charge >= 0.3 is 0 Å². The first-order chi connectivity index (χ1) is 14.6. The summed E-state index contributed by atoms with van der Waals surface area (Å²) in [7, 11) is 0. The number of rotatable bonds is 4. The first-order valence-corrected chi connectivity index (χ1v) is 12.0. The van der Waals surface area contributed by atoms with Gasteiger partial charge in [0.25, 0.3) is 5.91 Å². The second-order valence-corrected chi connectivity index (χ2v) is 9.78. The molecule has 2 aromatic rings. The number of piperidine rings is 1. The minimum atomic E-state index is 0.0736. The summed E-state index contributed by atoms with van der Waals surface area (Å²) in [6.07, 6.45) is 4.99. The molecule has 5 heteroatoms. The van der Waals surface area contributed by atoms with Crippen molar-refractivity contribution in [3.63, 3.8) is 0 Å². The van der Waals surface area contributed by atoms with Crippen LogP contribution < -0.4 is 10.1 Å². The average Bonchev–Trinajstić information content (AvgIpc) is 3.10. The molecule has 30 heavy (non-hydrogen) atoms. The number of halogens is 1. The lowest BCUT2D eigenvalue weighted by atomic mass is 9.73. The van der Waals surface area contributed by atoms with E-state index in [1.54, 1.807) is 0 Å². The predicted molar refractivity (Wildman–Crippen MR) is 122 cm³/mol. The molecular weight excluding hydrogens is 440 g/mol. The van der Waals surface area contributed by atoms with E-state index >= 15 is 0 Å². The lowest BCUT2D eigenvalue weighted by Crippen LogP contribution is -2.40. The van der Waals surface area contributed by atoms with Crippen LogP contribution in [0.3, 0.4) is 0 Å². The second kappa shape index (κ2) is 8.01. The Bertz CT molecular complexity index is 960. The third-order valence-electron chi connectivity index (χ3n) is 7.15. The summed E-state index contributed by atoms with van der Waals surface area (Å²) in [5.74, 6) is 2.74. The summed E-state index contributed by atoms with van der Waals surface area (Å²) < 4.78 is 7.44. The lowest BCUT2D eigenvalue weighted by molar-refractivity contribution is 0.0772. The number of nitrogens with one attached hydrogen (secondary N) is 1. The number of hydrogen-bond donors (Lipinski definition) is 1. The molecule has 0 saturated carbocycles. The Morgan fingerprint density at radius 1 is 1.03 bits per heavy atom. The van der Waals surface area contributed by atoms with Crippen LogP contribution in [-0.4, -0.2) is 36.0 Å². The topological polar surface area (TPSA) is 41.6 Å². The fraction of sp³-hybridized carbons (Fsp3) is 0.480. The van der Waals surface area contributed by atoms with Gasteiger partial charge in [0.2, 0.25) is 0 Å². The number of carbonyl (C=O) groups excluding carboxylic acids is 1. The van der Waals surface area contributed by atoms with Crippen LogP contribution in [0.5, 0.6) is 11.5 Å². The number of amides is 1. The van der Waals surface area contributed by atoms with Gasteiger partial charge in [-0.1, -0.05) is 22.0 Å². The molecular formula is C25H29BrN2O2. The van der Waals surface area contributed by atoms with Gasteiger partial charge in [-0.15, -0.1) is 0 Å². The van der Waals surface area contributed by atoms with Gasteiger partial charge < -0.3 is 15.0 Å². The molecule has 2 saturated heterocycles. The van der Waals surface area contributed by atoms with Gasteiger partial charge in [-0.2, -0.15) is 0 Å². The zero-order valence-electron chi connectivity index (χ0n) is 17.7. The van der Waals surface area contributed by atoms with E-state index in [4.69, 9.17) is 4.74 Å². The van der Waals surface area contributed by atoms with Gasteiger partial charge in [0, 0.05) is 52.3 Å². The zero-order chi connectivity index (χ0) is 20.8. The molecule has 0 spiro atoms. The van der Waals surface area contributed by atoms with Gasteiger partial charge in [0.1, 0.15) is 11.5 Å². The number of nitrogens with zero attached hydrogens (tertiary/aromatic N) is 1. The molecule has 158 valence electrons. The zero-order valence-corrected chi connectivity index (χ0v) is 19.2. The molecule has 0 radical (unpaired) electrons. The molecule has 1 amide bonds. The molecule has 3 heterocycles. The van der Waals surface area contributed by atoms with E-state index in [0.717, 1.165) is 16.0 Å². The van der Waals surface area contributed by atoms with Crippen molar-refractivity contribution in [2.75, 3.05) is 13.1 Å². The van der Waals surface area contributed by atoms with Crippen LogP contribution in [0, 0.1) is 5.92 Å². The number of hydrogen-bond acceptors (Lipinski definition) is 3. The van der Waals surface area contributed by atoms with Gasteiger partial charge in [-0.3, -0.25) is 4.79 Å². The number of fused-ring (bicyclic) bond motifs is 4. The standard InChI is InChI=1S/C25H29BrN2O2/c1-3-28(4-2)25(29)15-5-9-20-23(13-15)30-22-10-6-17(26)14-21(22)24(20)16-11-18-7-8-19(12-16)27-18/h5-6,9-10,13-14,16,18-19,24,27H,3-4,7-8,11-12H2,1-2H3. The third kappa shape index (κ3) is 3.46. The Morgan fingerprint density at radius 2 is 1.77 bits per heavy atom. The van der Waals surface area contributed by atoms with Crippen molar-refractivity contribution in [3.8, 4) is 11.5 Å². The lowest BCUT2D eigenvalue weighted by Gasteiger charge is -2.38. The Morgan fingerprint density at radius 3 is 2.47 bits per heavy atom. The maximum atomic E-state index is 12.9. The van der Waals surface area contributed by atoms with Gasteiger partial charge in [0.05, 0.1) is 0 Å². The van der Waals surface area contributed by atoms with Crippen LogP contribution in [0.4, 0.5) is 0 Å². The Hall–Kier alpha value is -1.85. The van der Waals surface area contributed by atoms with Crippen molar-refractivity contribution in [3.05, 3.63) is 57.6 Å². The SMILES string of the molecule is CCN(CC)C(=O)c1ccc2c(c1)Oc1ccc(Br)cc1C2C1CC2CCC(C1)N2. The van der Waals surface area contributed by atoms with Gasteiger partial charge in [0.15, 0.2) is 0 Å². The summed E-state index contributed by atoms with van der Waals surface area (Å²) in [6.45, 7) is 5.47. The van der Waals surface area contributed by atoms with E-state index in [2.05, 4.69) is 39.4 Å². The van der Waals surface area contributed by atoms with E-state index < -0.39 is 0 Å². The summed E-state index contributed by atoms with van der Waals surface area (Å²) in [4.78, 5) is 14.8. The summed E-state index contributed by atoms with van der Waals surface area (Å²) in [5.41, 5.74) is 3.20. The van der Waals surface area contributed by atoms with Crippen LogP contribution in [-0.2, 0) is 0 Å². The number of ether oxygens (including phenoxy) is 1. The first-order valence-electron chi connectivity index (χ1n) is 11.2. The molecule has 4 nitrogen and oxygen atoms in total. The molecule has 3 unspecified atom stereocenters. The largest absolute Gasteiger partial charge is 0.457 e. The van der Waals surface area contributed by atoms with E-state index in [1.165, 1.54) is 36.8 Å². The molecule has 3 aliphatic rings. The maximum Gasteiger partial charge on any atom is 0.253 e. The molecule has 1 N–H and O–H groups in total. The van der Waals surface area contributed by atoms with Crippen LogP contribution in [0.15, 0.2) is 40.9 Å². The fourth-order valence-corrected chi connectivity index (χ4v) is 6.11. The van der Waals surface area contributed by atoms with Crippen molar-refractivity contribution < 1.29 is 9.53 Å². The summed E-state index contributed by atoms with van der Waals surface area (Å²) >= 11 is 3.66. The van der Waals surface area contributed by atoms with Gasteiger partial charge in [-0.05, 0) is 75.8 Å². The highest BCUT2D eigenvalue weighted by Gasteiger charge is 2.41. The van der Waals surface area contributed by atoms with Crippen LogP contribution in [0.2, 0.25) is 0 Å². The van der Waals surface area contributed by atoms with Gasteiger partial charge in [-0.25, -0.2) is 0 Å². The summed E-state index contributed by atoms with van der Waals surface area (Å²) in [6, 6.07) is 13.7. The highest BCUT2D eigenvalue weighted by atomic mass is 79.9. The Kier molecular flexibility index (Phi) is 5.36. The minimum absolute atomic E-state index is 0.0736. The second-order valence-electron chi connectivity index (χ2n) is 8.86. The van der Waals surface area contributed by atoms with Crippen LogP contribution in [0.1, 0.15) is 66.9 Å². The van der Waals surface area contributed by atoms with E-state index in [1.807, 2.05) is 36.9 Å². The monoisotopic (exact) mass is 468 g/mol. The maximum absolute atomic E-state index is 12.9. The van der Waals surface area contributed by atoms with Crippen molar-refractivity contribution in [1.29, 1.82) is 0 Å². The molecule has 0 aromatic heterocycles. The highest BCUT2D eigenvalue weighted by Crippen LogP contribution is 2.52. The molecule has 3 aliphatic heterocycles. The van der Waals surface area contributed by atoms with Crippen molar-refractivity contribution in [2.24, 2.45) is 5.92 Å². The van der Waals surface area contributed by atoms with E-state index in [0.29, 0.717) is 42.6 Å². The van der Waals surface area contributed by atoms with Crippen LogP contribution >= 0.6 is 15.9 Å². The molecule has 0 aliphatic carbocycles. The minimum Gasteiger partial charge on any atom is -0.457 e. The van der Waals surface area contributed by atoms with Crippen molar-refractivity contribution >= 4 is 21.8 Å². The predicted octanol–water partition coefficient (Wildman–Crippen LogP) is 5.70. The van der Waals surface area contributed by atoms with E-state index in [9.17, 15) is 4.79 Å². The Balaban J connectivity index is 1.56. The fourth-order valence-electron chi connectivity index (χ4n) is 5.73. The van der Waals surface area contributed by atoms with E-state index in [-0.39, 0.29) is 5.91 Å². The highest BCUT2D eigenvalue weighted by molar-refractivity contribution is 9.10. The molecule has 5 rings (SSSR count). The first kappa shape index (κ1) is 20.1.